The molecule has 0 unspecified atom stereocenters. The number of amides is 1. The Morgan fingerprint density at radius 2 is 2.06 bits per heavy atom. The molecule has 0 atom stereocenters. The van der Waals surface area contributed by atoms with Crippen LogP contribution in [0.5, 0.6) is 0 Å². The zero-order chi connectivity index (χ0) is 13.3. The molecular formula is C13H14BrNO3. The third kappa shape index (κ3) is 2.27. The van der Waals surface area contributed by atoms with Gasteiger partial charge in [-0.15, -0.1) is 0 Å². The van der Waals surface area contributed by atoms with Crippen LogP contribution in [0.4, 0.5) is 5.69 Å². The van der Waals surface area contributed by atoms with Gasteiger partial charge in [-0.25, -0.2) is 0 Å². The molecule has 1 N–H and O–H groups in total. The number of hydrogen-bond donors (Lipinski definition) is 1. The second kappa shape index (κ2) is 4.72. The van der Waals surface area contributed by atoms with Gasteiger partial charge in [-0.05, 0) is 43.5 Å². The normalized spacial score (nSPS) is 15.9. The predicted octanol–water partition coefficient (Wildman–Crippen LogP) is 2.65. The summed E-state index contributed by atoms with van der Waals surface area (Å²) in [5.74, 6) is -0.732. The molecule has 0 aliphatic heterocycles. The summed E-state index contributed by atoms with van der Waals surface area (Å²) >= 11 is 3.40. The van der Waals surface area contributed by atoms with Gasteiger partial charge < -0.3 is 10.1 Å². The first-order valence-electron chi connectivity index (χ1n) is 5.65. The van der Waals surface area contributed by atoms with Crippen LogP contribution in [0, 0.1) is 12.3 Å². The fourth-order valence-corrected chi connectivity index (χ4v) is 2.06. The highest BCUT2D eigenvalue weighted by molar-refractivity contribution is 9.10. The Balaban J connectivity index is 2.12. The molecule has 0 radical (unpaired) electrons. The van der Waals surface area contributed by atoms with Gasteiger partial charge in [0.2, 0.25) is 5.91 Å². The van der Waals surface area contributed by atoms with E-state index < -0.39 is 11.4 Å². The minimum absolute atomic E-state index is 0.281. The maximum atomic E-state index is 12.1. The van der Waals surface area contributed by atoms with E-state index in [9.17, 15) is 9.59 Å². The third-order valence-electron chi connectivity index (χ3n) is 3.18. The van der Waals surface area contributed by atoms with Gasteiger partial charge >= 0.3 is 5.97 Å². The Kier molecular flexibility index (Phi) is 3.43. The molecule has 4 nitrogen and oxygen atoms in total. The Morgan fingerprint density at radius 3 is 2.56 bits per heavy atom. The van der Waals surface area contributed by atoms with Crippen LogP contribution in [-0.4, -0.2) is 19.0 Å². The highest BCUT2D eigenvalue weighted by Gasteiger charge is 2.57. The molecule has 1 aromatic rings. The van der Waals surface area contributed by atoms with Crippen LogP contribution in [0.15, 0.2) is 22.7 Å². The van der Waals surface area contributed by atoms with Gasteiger partial charge in [0.15, 0.2) is 0 Å². The van der Waals surface area contributed by atoms with E-state index in [0.29, 0.717) is 18.5 Å². The van der Waals surface area contributed by atoms with E-state index in [1.54, 1.807) is 6.07 Å². The van der Waals surface area contributed by atoms with Crippen molar-refractivity contribution in [3.8, 4) is 0 Å². The van der Waals surface area contributed by atoms with Crippen molar-refractivity contribution in [2.24, 2.45) is 5.41 Å². The van der Waals surface area contributed by atoms with E-state index in [4.69, 9.17) is 0 Å². The van der Waals surface area contributed by atoms with E-state index in [1.807, 2.05) is 19.1 Å². The fraction of sp³-hybridized carbons (Fsp3) is 0.385. The maximum absolute atomic E-state index is 12.1. The van der Waals surface area contributed by atoms with Gasteiger partial charge in [0.25, 0.3) is 0 Å². The van der Waals surface area contributed by atoms with E-state index >= 15 is 0 Å². The van der Waals surface area contributed by atoms with Crippen LogP contribution >= 0.6 is 15.9 Å². The van der Waals surface area contributed by atoms with Crippen molar-refractivity contribution >= 4 is 33.5 Å². The number of carbonyl (C=O) groups is 2. The number of nitrogens with one attached hydrogen (secondary N) is 1. The molecule has 96 valence electrons. The maximum Gasteiger partial charge on any atom is 0.321 e. The zero-order valence-corrected chi connectivity index (χ0v) is 11.8. The van der Waals surface area contributed by atoms with Gasteiger partial charge in [-0.2, -0.15) is 0 Å². The molecular weight excluding hydrogens is 298 g/mol. The van der Waals surface area contributed by atoms with Crippen molar-refractivity contribution in [3.63, 3.8) is 0 Å². The summed E-state index contributed by atoms with van der Waals surface area (Å²) in [6.45, 7) is 1.94. The first-order chi connectivity index (χ1) is 8.49. The second-order valence-corrected chi connectivity index (χ2v) is 5.35. The molecule has 18 heavy (non-hydrogen) atoms. The van der Waals surface area contributed by atoms with Crippen molar-refractivity contribution in [3.05, 3.63) is 28.2 Å². The summed E-state index contributed by atoms with van der Waals surface area (Å²) in [5.41, 5.74) is 0.752. The molecule has 1 aliphatic carbocycles. The fourth-order valence-electron chi connectivity index (χ4n) is 1.82. The Bertz CT molecular complexity index is 509. The minimum Gasteiger partial charge on any atom is -0.468 e. The molecule has 1 amide bonds. The number of rotatable bonds is 3. The van der Waals surface area contributed by atoms with Gasteiger partial charge in [0.1, 0.15) is 5.41 Å². The number of benzene rings is 1. The lowest BCUT2D eigenvalue weighted by molar-refractivity contribution is -0.150. The van der Waals surface area contributed by atoms with Gasteiger partial charge in [-0.1, -0.05) is 15.9 Å². The average molecular weight is 312 g/mol. The van der Waals surface area contributed by atoms with Gasteiger partial charge in [-0.3, -0.25) is 9.59 Å². The lowest BCUT2D eigenvalue weighted by Crippen LogP contribution is -2.32. The first-order valence-corrected chi connectivity index (χ1v) is 6.45. The topological polar surface area (TPSA) is 55.4 Å². The zero-order valence-electron chi connectivity index (χ0n) is 10.2. The summed E-state index contributed by atoms with van der Waals surface area (Å²) < 4.78 is 5.65. The van der Waals surface area contributed by atoms with Gasteiger partial charge in [0.05, 0.1) is 7.11 Å². The Labute approximate surface area is 114 Å². The van der Waals surface area contributed by atoms with E-state index in [1.165, 1.54) is 7.11 Å². The molecule has 0 saturated heterocycles. The van der Waals surface area contributed by atoms with E-state index in [2.05, 4.69) is 26.0 Å². The van der Waals surface area contributed by atoms with Crippen LogP contribution in [0.1, 0.15) is 18.4 Å². The van der Waals surface area contributed by atoms with Crippen LogP contribution in [0.2, 0.25) is 0 Å². The number of anilines is 1. The molecule has 0 spiro atoms. The summed E-state index contributed by atoms with van der Waals surface area (Å²) in [7, 11) is 1.31. The smallest absolute Gasteiger partial charge is 0.321 e. The lowest BCUT2D eigenvalue weighted by atomic mass is 10.1. The molecule has 0 bridgehead atoms. The van der Waals surface area contributed by atoms with Crippen LogP contribution in [0.3, 0.4) is 0 Å². The number of halogens is 1. The number of esters is 1. The van der Waals surface area contributed by atoms with E-state index in [-0.39, 0.29) is 5.91 Å². The Hall–Kier alpha value is -1.36. The molecule has 5 heteroatoms. The second-order valence-electron chi connectivity index (χ2n) is 4.49. The average Bonchev–Trinajstić information content (AvgIpc) is 3.14. The lowest BCUT2D eigenvalue weighted by Gasteiger charge is -2.13. The highest BCUT2D eigenvalue weighted by atomic mass is 79.9. The molecule has 0 heterocycles. The molecule has 1 aromatic carbocycles. The third-order valence-corrected chi connectivity index (χ3v) is 4.07. The SMILES string of the molecule is COC(=O)C1(C(=O)Nc2ccc(Br)c(C)c2)CC1. The summed E-state index contributed by atoms with van der Waals surface area (Å²) in [4.78, 5) is 23.6. The predicted molar refractivity (Wildman–Crippen MR) is 71.2 cm³/mol. The number of aryl methyl sites for hydroxylation is 1. The van der Waals surface area contributed by atoms with Crippen LogP contribution in [-0.2, 0) is 14.3 Å². The first kappa shape index (κ1) is 13.1. The number of methoxy groups -OCH3 is 1. The quantitative estimate of drug-likeness (QED) is 0.689. The molecule has 1 fully saturated rings. The number of ether oxygens (including phenoxy) is 1. The van der Waals surface area contributed by atoms with Crippen molar-refractivity contribution in [1.29, 1.82) is 0 Å². The largest absolute Gasteiger partial charge is 0.468 e. The molecule has 2 rings (SSSR count). The van der Waals surface area contributed by atoms with Crippen molar-refractivity contribution < 1.29 is 14.3 Å². The van der Waals surface area contributed by atoms with Gasteiger partial charge in [0, 0.05) is 10.2 Å². The molecule has 0 aromatic heterocycles. The van der Waals surface area contributed by atoms with Crippen molar-refractivity contribution in [2.45, 2.75) is 19.8 Å². The summed E-state index contributed by atoms with van der Waals surface area (Å²) in [6, 6.07) is 5.51. The van der Waals surface area contributed by atoms with Crippen LogP contribution < -0.4 is 5.32 Å². The van der Waals surface area contributed by atoms with E-state index in [0.717, 1.165) is 10.0 Å². The monoisotopic (exact) mass is 311 g/mol. The molecule has 1 aliphatic rings. The summed E-state index contributed by atoms with van der Waals surface area (Å²) in [6.07, 6.45) is 1.11. The minimum atomic E-state index is -0.963. The van der Waals surface area contributed by atoms with Crippen molar-refractivity contribution in [2.75, 3.05) is 12.4 Å². The summed E-state index contributed by atoms with van der Waals surface area (Å²) in [5, 5.41) is 2.77. The number of hydrogen-bond acceptors (Lipinski definition) is 3. The number of carbonyl (C=O) groups excluding carboxylic acids is 2. The van der Waals surface area contributed by atoms with Crippen molar-refractivity contribution in [1.82, 2.24) is 0 Å². The Morgan fingerprint density at radius 1 is 1.39 bits per heavy atom. The molecule has 1 saturated carbocycles. The standard InChI is InChI=1S/C13H14BrNO3/c1-8-7-9(3-4-10(8)14)15-11(16)13(5-6-13)12(17)18-2/h3-4,7H,5-6H2,1-2H3,(H,15,16). The highest BCUT2D eigenvalue weighted by Crippen LogP contribution is 2.47. The van der Waals surface area contributed by atoms with Crippen LogP contribution in [0.25, 0.3) is 0 Å².